The van der Waals surface area contributed by atoms with E-state index >= 15 is 0 Å². The highest BCUT2D eigenvalue weighted by Gasteiger charge is 2.20. The molecule has 0 bridgehead atoms. The van der Waals surface area contributed by atoms with Crippen LogP contribution in [-0.4, -0.2) is 41.2 Å². The minimum atomic E-state index is 0.00821. The Morgan fingerprint density at radius 3 is 2.30 bits per heavy atom. The van der Waals surface area contributed by atoms with Crippen molar-refractivity contribution in [3.63, 3.8) is 0 Å². The van der Waals surface area contributed by atoms with Crippen LogP contribution in [0, 0.1) is 6.92 Å². The number of anilines is 1. The Hall–Kier alpha value is -3.08. The standard InChI is InChI=1S/C22H26N4O/c1-5-25(16-18-11-13-19(14-12-18)24(3)4)22(27)21-15-23-26(17(21)2)20-9-7-6-8-10-20/h6-15H,5,16H2,1-4H3. The summed E-state index contributed by atoms with van der Waals surface area (Å²) in [6.45, 7) is 5.17. The van der Waals surface area contributed by atoms with Gasteiger partial charge in [-0.1, -0.05) is 30.3 Å². The number of aromatic nitrogens is 2. The number of carbonyl (C=O) groups excluding carboxylic acids is 1. The lowest BCUT2D eigenvalue weighted by atomic mass is 10.1. The Labute approximate surface area is 160 Å². The highest BCUT2D eigenvalue weighted by molar-refractivity contribution is 5.95. The first-order valence-electron chi connectivity index (χ1n) is 9.17. The van der Waals surface area contributed by atoms with E-state index in [0.717, 1.165) is 22.6 Å². The van der Waals surface area contributed by atoms with E-state index in [1.807, 2.05) is 67.9 Å². The summed E-state index contributed by atoms with van der Waals surface area (Å²) in [4.78, 5) is 17.0. The molecule has 3 aromatic rings. The summed E-state index contributed by atoms with van der Waals surface area (Å²) in [5.74, 6) is 0.00821. The second-order valence-electron chi connectivity index (χ2n) is 6.77. The molecule has 0 aliphatic heterocycles. The number of para-hydroxylation sites is 1. The van der Waals surface area contributed by atoms with Crippen LogP contribution in [-0.2, 0) is 6.54 Å². The molecule has 0 spiro atoms. The molecule has 1 amide bonds. The van der Waals surface area contributed by atoms with Crippen LogP contribution >= 0.6 is 0 Å². The van der Waals surface area contributed by atoms with Gasteiger partial charge in [-0.25, -0.2) is 4.68 Å². The third-order valence-electron chi connectivity index (χ3n) is 4.74. The summed E-state index contributed by atoms with van der Waals surface area (Å²) in [5, 5.41) is 4.43. The largest absolute Gasteiger partial charge is 0.378 e. The average molecular weight is 362 g/mol. The van der Waals surface area contributed by atoms with E-state index in [9.17, 15) is 4.79 Å². The zero-order chi connectivity index (χ0) is 19.4. The average Bonchev–Trinajstić information content (AvgIpc) is 3.08. The van der Waals surface area contributed by atoms with Crippen LogP contribution in [0.3, 0.4) is 0 Å². The molecule has 2 aromatic carbocycles. The molecule has 5 nitrogen and oxygen atoms in total. The number of carbonyl (C=O) groups is 1. The first-order chi connectivity index (χ1) is 13.0. The Kier molecular flexibility index (Phi) is 5.60. The number of benzene rings is 2. The van der Waals surface area contributed by atoms with Gasteiger partial charge in [0.1, 0.15) is 0 Å². The van der Waals surface area contributed by atoms with E-state index in [0.29, 0.717) is 18.7 Å². The van der Waals surface area contributed by atoms with Crippen LogP contribution < -0.4 is 4.90 Å². The van der Waals surface area contributed by atoms with Gasteiger partial charge in [0.15, 0.2) is 0 Å². The lowest BCUT2D eigenvalue weighted by molar-refractivity contribution is 0.0752. The lowest BCUT2D eigenvalue weighted by Gasteiger charge is -2.21. The molecule has 0 atom stereocenters. The summed E-state index contributed by atoms with van der Waals surface area (Å²) >= 11 is 0. The van der Waals surface area contributed by atoms with Crippen LogP contribution in [0.4, 0.5) is 5.69 Å². The summed E-state index contributed by atoms with van der Waals surface area (Å²) in [7, 11) is 4.04. The molecule has 1 aromatic heterocycles. The molecule has 0 saturated carbocycles. The number of amides is 1. The lowest BCUT2D eigenvalue weighted by Crippen LogP contribution is -2.30. The number of hydrogen-bond donors (Lipinski definition) is 0. The predicted octanol–water partition coefficient (Wildman–Crippen LogP) is 3.91. The molecule has 5 heteroatoms. The molecule has 0 unspecified atom stereocenters. The Bertz CT molecular complexity index is 898. The molecule has 140 valence electrons. The van der Waals surface area contributed by atoms with Crippen molar-refractivity contribution in [1.82, 2.24) is 14.7 Å². The molecule has 0 aliphatic rings. The molecule has 0 aliphatic carbocycles. The molecule has 0 saturated heterocycles. The first-order valence-corrected chi connectivity index (χ1v) is 9.17. The fraction of sp³-hybridized carbons (Fsp3) is 0.273. The highest BCUT2D eigenvalue weighted by Crippen LogP contribution is 2.18. The maximum Gasteiger partial charge on any atom is 0.257 e. The summed E-state index contributed by atoms with van der Waals surface area (Å²) in [6, 6.07) is 18.2. The Balaban J connectivity index is 1.80. The van der Waals surface area contributed by atoms with E-state index in [-0.39, 0.29) is 5.91 Å². The third-order valence-corrected chi connectivity index (χ3v) is 4.74. The minimum absolute atomic E-state index is 0.00821. The fourth-order valence-electron chi connectivity index (χ4n) is 3.07. The maximum absolute atomic E-state index is 13.1. The van der Waals surface area contributed by atoms with Crippen molar-refractivity contribution in [2.45, 2.75) is 20.4 Å². The summed E-state index contributed by atoms with van der Waals surface area (Å²) in [6.07, 6.45) is 1.67. The predicted molar refractivity (Wildman–Crippen MR) is 109 cm³/mol. The summed E-state index contributed by atoms with van der Waals surface area (Å²) in [5.41, 5.74) is 4.71. The quantitative estimate of drug-likeness (QED) is 0.668. The van der Waals surface area contributed by atoms with Crippen LogP contribution in [0.15, 0.2) is 60.8 Å². The Morgan fingerprint density at radius 2 is 1.70 bits per heavy atom. The molecule has 0 N–H and O–H groups in total. The van der Waals surface area contributed by atoms with Crippen molar-refractivity contribution < 1.29 is 4.79 Å². The minimum Gasteiger partial charge on any atom is -0.378 e. The second-order valence-corrected chi connectivity index (χ2v) is 6.77. The molecule has 27 heavy (non-hydrogen) atoms. The molecular weight excluding hydrogens is 336 g/mol. The van der Waals surface area contributed by atoms with Crippen molar-refractivity contribution in [2.24, 2.45) is 0 Å². The van der Waals surface area contributed by atoms with Crippen molar-refractivity contribution >= 4 is 11.6 Å². The SMILES string of the molecule is CCN(Cc1ccc(N(C)C)cc1)C(=O)c1cnn(-c2ccccc2)c1C. The number of hydrogen-bond acceptors (Lipinski definition) is 3. The van der Waals surface area contributed by atoms with Crippen LogP contribution in [0.1, 0.15) is 28.5 Å². The van der Waals surface area contributed by atoms with E-state index < -0.39 is 0 Å². The van der Waals surface area contributed by atoms with E-state index in [1.54, 1.807) is 6.20 Å². The van der Waals surface area contributed by atoms with E-state index in [2.05, 4.69) is 34.3 Å². The van der Waals surface area contributed by atoms with Gasteiger partial charge in [-0.2, -0.15) is 5.10 Å². The van der Waals surface area contributed by atoms with Gasteiger partial charge in [0.05, 0.1) is 23.1 Å². The van der Waals surface area contributed by atoms with Gasteiger partial charge in [-0.05, 0) is 43.7 Å². The van der Waals surface area contributed by atoms with Crippen LogP contribution in [0.2, 0.25) is 0 Å². The van der Waals surface area contributed by atoms with Gasteiger partial charge < -0.3 is 9.80 Å². The highest BCUT2D eigenvalue weighted by atomic mass is 16.2. The number of nitrogens with zero attached hydrogens (tertiary/aromatic N) is 4. The topological polar surface area (TPSA) is 41.4 Å². The normalized spacial score (nSPS) is 10.7. The van der Waals surface area contributed by atoms with Gasteiger partial charge in [0, 0.05) is 32.9 Å². The van der Waals surface area contributed by atoms with E-state index in [1.165, 1.54) is 0 Å². The molecular formula is C22H26N4O. The molecule has 3 rings (SSSR count). The smallest absolute Gasteiger partial charge is 0.257 e. The monoisotopic (exact) mass is 362 g/mol. The van der Waals surface area contributed by atoms with Crippen LogP contribution in [0.5, 0.6) is 0 Å². The van der Waals surface area contributed by atoms with Gasteiger partial charge in [-0.3, -0.25) is 4.79 Å². The van der Waals surface area contributed by atoms with E-state index in [4.69, 9.17) is 0 Å². The zero-order valence-electron chi connectivity index (χ0n) is 16.4. The van der Waals surface area contributed by atoms with Crippen molar-refractivity contribution in [2.75, 3.05) is 25.5 Å². The third kappa shape index (κ3) is 4.03. The zero-order valence-corrected chi connectivity index (χ0v) is 16.4. The molecule has 1 heterocycles. The Morgan fingerprint density at radius 1 is 1.04 bits per heavy atom. The van der Waals surface area contributed by atoms with Crippen molar-refractivity contribution in [3.05, 3.63) is 77.6 Å². The van der Waals surface area contributed by atoms with Gasteiger partial charge in [-0.15, -0.1) is 0 Å². The molecule has 0 fully saturated rings. The summed E-state index contributed by atoms with van der Waals surface area (Å²) < 4.78 is 1.81. The van der Waals surface area contributed by atoms with Crippen molar-refractivity contribution in [3.8, 4) is 5.69 Å². The second kappa shape index (κ2) is 8.08. The fourth-order valence-corrected chi connectivity index (χ4v) is 3.07. The van der Waals surface area contributed by atoms with Crippen LogP contribution in [0.25, 0.3) is 5.69 Å². The van der Waals surface area contributed by atoms with Gasteiger partial charge in [0.25, 0.3) is 5.91 Å². The number of rotatable bonds is 6. The first kappa shape index (κ1) is 18.7. The maximum atomic E-state index is 13.1. The van der Waals surface area contributed by atoms with Crippen molar-refractivity contribution in [1.29, 1.82) is 0 Å². The van der Waals surface area contributed by atoms with Gasteiger partial charge >= 0.3 is 0 Å². The molecule has 0 radical (unpaired) electrons. The van der Waals surface area contributed by atoms with Gasteiger partial charge in [0.2, 0.25) is 0 Å².